The van der Waals surface area contributed by atoms with Crippen molar-refractivity contribution in [3.05, 3.63) is 71.3 Å². The van der Waals surface area contributed by atoms with Gasteiger partial charge in [0.25, 0.3) is 0 Å². The predicted molar refractivity (Wildman–Crippen MR) is 85.8 cm³/mol. The summed E-state index contributed by atoms with van der Waals surface area (Å²) in [6, 6.07) is 18.0. The topological polar surface area (TPSA) is 37.3 Å². The Balaban J connectivity index is 2.29. The van der Waals surface area contributed by atoms with E-state index in [4.69, 9.17) is 0 Å². The summed E-state index contributed by atoms with van der Waals surface area (Å²) in [5, 5.41) is 11.6. The minimum atomic E-state index is -0.884. The second-order valence-electron chi connectivity index (χ2n) is 5.31. The molecule has 0 aliphatic rings. The van der Waals surface area contributed by atoms with Gasteiger partial charge in [-0.25, -0.2) is 4.79 Å². The van der Waals surface area contributed by atoms with E-state index in [1.807, 2.05) is 31.2 Å². The van der Waals surface area contributed by atoms with E-state index in [9.17, 15) is 9.90 Å². The SMILES string of the molecule is Cc1ccc(-c2ccc(C)c3ccccc23)cc1C(=O)O. The van der Waals surface area contributed by atoms with Crippen molar-refractivity contribution in [3.8, 4) is 11.1 Å². The van der Waals surface area contributed by atoms with Gasteiger partial charge in [0.15, 0.2) is 0 Å². The number of fused-ring (bicyclic) bond motifs is 1. The van der Waals surface area contributed by atoms with Crippen molar-refractivity contribution in [2.45, 2.75) is 13.8 Å². The van der Waals surface area contributed by atoms with Crippen molar-refractivity contribution in [1.29, 1.82) is 0 Å². The van der Waals surface area contributed by atoms with Gasteiger partial charge in [0.2, 0.25) is 0 Å². The number of benzene rings is 3. The molecule has 0 aliphatic heterocycles. The van der Waals surface area contributed by atoms with E-state index in [1.165, 1.54) is 10.9 Å². The number of carbonyl (C=O) groups is 1. The molecule has 21 heavy (non-hydrogen) atoms. The van der Waals surface area contributed by atoms with Crippen LogP contribution in [0, 0.1) is 13.8 Å². The highest BCUT2D eigenvalue weighted by atomic mass is 16.4. The van der Waals surface area contributed by atoms with Gasteiger partial charge in [0, 0.05) is 0 Å². The van der Waals surface area contributed by atoms with Gasteiger partial charge in [-0.1, -0.05) is 48.5 Å². The fourth-order valence-electron chi connectivity index (χ4n) is 2.72. The molecule has 104 valence electrons. The van der Waals surface area contributed by atoms with Crippen molar-refractivity contribution in [2.75, 3.05) is 0 Å². The van der Waals surface area contributed by atoms with Crippen molar-refractivity contribution < 1.29 is 9.90 Å². The van der Waals surface area contributed by atoms with E-state index >= 15 is 0 Å². The van der Waals surface area contributed by atoms with Gasteiger partial charge in [0.1, 0.15) is 0 Å². The summed E-state index contributed by atoms with van der Waals surface area (Å²) in [5.41, 5.74) is 4.37. The minimum absolute atomic E-state index is 0.358. The van der Waals surface area contributed by atoms with Crippen LogP contribution >= 0.6 is 0 Å². The Morgan fingerprint density at radius 3 is 2.24 bits per heavy atom. The molecule has 0 saturated carbocycles. The molecule has 2 nitrogen and oxygen atoms in total. The van der Waals surface area contributed by atoms with Gasteiger partial charge >= 0.3 is 5.97 Å². The fourth-order valence-corrected chi connectivity index (χ4v) is 2.72. The summed E-state index contributed by atoms with van der Waals surface area (Å²) < 4.78 is 0. The first-order valence-electron chi connectivity index (χ1n) is 6.90. The first kappa shape index (κ1) is 13.4. The lowest BCUT2D eigenvalue weighted by molar-refractivity contribution is 0.0696. The van der Waals surface area contributed by atoms with Crippen LogP contribution in [0.25, 0.3) is 21.9 Å². The maximum Gasteiger partial charge on any atom is 0.335 e. The summed E-state index contributed by atoms with van der Waals surface area (Å²) in [4.78, 5) is 11.3. The van der Waals surface area contributed by atoms with E-state index in [0.717, 1.165) is 22.1 Å². The molecule has 0 amide bonds. The molecule has 0 fully saturated rings. The van der Waals surface area contributed by atoms with Gasteiger partial charge in [-0.3, -0.25) is 0 Å². The molecule has 0 aliphatic carbocycles. The van der Waals surface area contributed by atoms with Crippen LogP contribution in [0.1, 0.15) is 21.5 Å². The molecular weight excluding hydrogens is 260 g/mol. The quantitative estimate of drug-likeness (QED) is 0.728. The van der Waals surface area contributed by atoms with Crippen LogP contribution in [-0.4, -0.2) is 11.1 Å². The second kappa shape index (κ2) is 5.06. The van der Waals surface area contributed by atoms with Gasteiger partial charge in [-0.15, -0.1) is 0 Å². The molecule has 0 heterocycles. The molecular formula is C19H16O2. The molecule has 0 saturated heterocycles. The van der Waals surface area contributed by atoms with E-state index in [2.05, 4.69) is 31.2 Å². The zero-order valence-electron chi connectivity index (χ0n) is 12.1. The van der Waals surface area contributed by atoms with Crippen LogP contribution < -0.4 is 0 Å². The molecule has 0 aromatic heterocycles. The van der Waals surface area contributed by atoms with Crippen molar-refractivity contribution in [1.82, 2.24) is 0 Å². The summed E-state index contributed by atoms with van der Waals surface area (Å²) in [7, 11) is 0. The van der Waals surface area contributed by atoms with Crippen LogP contribution in [0.4, 0.5) is 0 Å². The number of hydrogen-bond acceptors (Lipinski definition) is 1. The minimum Gasteiger partial charge on any atom is -0.478 e. The Kier molecular flexibility index (Phi) is 3.22. The summed E-state index contributed by atoms with van der Waals surface area (Å²) in [6.07, 6.45) is 0. The van der Waals surface area contributed by atoms with Gasteiger partial charge in [0.05, 0.1) is 5.56 Å². The van der Waals surface area contributed by atoms with Crippen LogP contribution in [0.5, 0.6) is 0 Å². The molecule has 3 aromatic rings. The van der Waals surface area contributed by atoms with Crippen LogP contribution in [0.15, 0.2) is 54.6 Å². The summed E-state index contributed by atoms with van der Waals surface area (Å²) >= 11 is 0. The molecule has 0 spiro atoms. The lowest BCUT2D eigenvalue weighted by Gasteiger charge is -2.11. The summed E-state index contributed by atoms with van der Waals surface area (Å²) in [5.74, 6) is -0.884. The predicted octanol–water partition coefficient (Wildman–Crippen LogP) is 4.82. The lowest BCUT2D eigenvalue weighted by atomic mass is 9.93. The second-order valence-corrected chi connectivity index (χ2v) is 5.31. The highest BCUT2D eigenvalue weighted by Crippen LogP contribution is 2.31. The molecule has 3 aromatic carbocycles. The highest BCUT2D eigenvalue weighted by Gasteiger charge is 2.11. The Morgan fingerprint density at radius 2 is 1.52 bits per heavy atom. The highest BCUT2D eigenvalue weighted by molar-refractivity contribution is 6.00. The molecule has 0 radical (unpaired) electrons. The van der Waals surface area contributed by atoms with E-state index in [0.29, 0.717) is 5.56 Å². The average molecular weight is 276 g/mol. The van der Waals surface area contributed by atoms with E-state index in [1.54, 1.807) is 6.07 Å². The van der Waals surface area contributed by atoms with Gasteiger partial charge < -0.3 is 5.11 Å². The maximum atomic E-state index is 11.3. The zero-order valence-corrected chi connectivity index (χ0v) is 12.1. The Morgan fingerprint density at radius 1 is 0.857 bits per heavy atom. The van der Waals surface area contributed by atoms with Crippen molar-refractivity contribution >= 4 is 16.7 Å². The Labute approximate surface area is 123 Å². The first-order valence-corrected chi connectivity index (χ1v) is 6.90. The van der Waals surface area contributed by atoms with E-state index in [-0.39, 0.29) is 0 Å². The molecule has 2 heteroatoms. The van der Waals surface area contributed by atoms with Crippen LogP contribution in [0.2, 0.25) is 0 Å². The smallest absolute Gasteiger partial charge is 0.335 e. The number of carboxylic acid groups (broad SMARTS) is 1. The third kappa shape index (κ3) is 2.29. The molecule has 0 atom stereocenters. The number of aromatic carboxylic acids is 1. The molecule has 1 N–H and O–H groups in total. The number of aryl methyl sites for hydroxylation is 2. The van der Waals surface area contributed by atoms with Gasteiger partial charge in [-0.2, -0.15) is 0 Å². The van der Waals surface area contributed by atoms with Crippen LogP contribution in [-0.2, 0) is 0 Å². The molecule has 3 rings (SSSR count). The average Bonchev–Trinajstić information content (AvgIpc) is 2.48. The third-order valence-electron chi connectivity index (χ3n) is 3.92. The molecule has 0 bridgehead atoms. The number of hydrogen-bond donors (Lipinski definition) is 1. The van der Waals surface area contributed by atoms with Crippen molar-refractivity contribution in [2.24, 2.45) is 0 Å². The normalized spacial score (nSPS) is 10.8. The zero-order chi connectivity index (χ0) is 15.0. The fraction of sp³-hybridized carbons (Fsp3) is 0.105. The Bertz CT molecular complexity index is 847. The standard InChI is InChI=1S/C19H16O2/c1-12-8-10-16(17-6-4-3-5-15(12)17)14-9-7-13(2)18(11-14)19(20)21/h3-11H,1-2H3,(H,20,21). The lowest BCUT2D eigenvalue weighted by Crippen LogP contribution is -1.99. The monoisotopic (exact) mass is 276 g/mol. The van der Waals surface area contributed by atoms with Gasteiger partial charge in [-0.05, 0) is 52.9 Å². The molecule has 0 unspecified atom stereocenters. The summed E-state index contributed by atoms with van der Waals surface area (Å²) in [6.45, 7) is 3.91. The Hall–Kier alpha value is -2.61. The number of carboxylic acids is 1. The number of rotatable bonds is 2. The van der Waals surface area contributed by atoms with Crippen LogP contribution in [0.3, 0.4) is 0 Å². The maximum absolute atomic E-state index is 11.3. The largest absolute Gasteiger partial charge is 0.478 e. The third-order valence-corrected chi connectivity index (χ3v) is 3.92. The first-order chi connectivity index (χ1) is 10.1. The van der Waals surface area contributed by atoms with E-state index < -0.39 is 5.97 Å². The van der Waals surface area contributed by atoms with Crippen molar-refractivity contribution in [3.63, 3.8) is 0 Å².